The number of nitriles is 1. The Bertz CT molecular complexity index is 1040. The van der Waals surface area contributed by atoms with Gasteiger partial charge in [0.25, 0.3) is 5.56 Å². The Morgan fingerprint density at radius 1 is 1.15 bits per heavy atom. The fraction of sp³-hybridized carbons (Fsp3) is 0.450. The molecule has 0 saturated carbocycles. The normalized spacial score (nSPS) is 14.1. The molecule has 0 spiro atoms. The lowest BCUT2D eigenvalue weighted by atomic mass is 10.2. The van der Waals surface area contributed by atoms with Gasteiger partial charge in [0.2, 0.25) is 5.91 Å². The number of nitrogens with one attached hydrogen (secondary N) is 1. The summed E-state index contributed by atoms with van der Waals surface area (Å²) >= 11 is 0. The highest BCUT2D eigenvalue weighted by Gasteiger charge is 2.38. The van der Waals surface area contributed by atoms with Crippen LogP contribution in [0.25, 0.3) is 0 Å². The molecule has 13 heteroatoms. The predicted molar refractivity (Wildman–Crippen MR) is 109 cm³/mol. The zero-order valence-electron chi connectivity index (χ0n) is 17.5. The number of aromatic amines is 1. The molecule has 2 aromatic rings. The van der Waals surface area contributed by atoms with Crippen LogP contribution in [0, 0.1) is 11.3 Å². The van der Waals surface area contributed by atoms with Crippen molar-refractivity contribution in [1.82, 2.24) is 20.1 Å². The predicted octanol–water partition coefficient (Wildman–Crippen LogP) is 1.19. The van der Waals surface area contributed by atoms with Crippen molar-refractivity contribution in [2.75, 3.05) is 50.9 Å². The molecule has 0 aliphatic carbocycles. The fourth-order valence-corrected chi connectivity index (χ4v) is 3.21. The molecular formula is C20H21F3N6O4. The van der Waals surface area contributed by atoms with Gasteiger partial charge in [-0.05, 0) is 12.1 Å². The van der Waals surface area contributed by atoms with Crippen LogP contribution in [0.15, 0.2) is 29.3 Å². The van der Waals surface area contributed by atoms with Crippen LogP contribution in [0.5, 0.6) is 5.75 Å². The summed E-state index contributed by atoms with van der Waals surface area (Å²) in [7, 11) is 0. The molecule has 2 aromatic heterocycles. The summed E-state index contributed by atoms with van der Waals surface area (Å²) in [6, 6.07) is 5.48. The molecule has 10 nitrogen and oxygen atoms in total. The lowest BCUT2D eigenvalue weighted by molar-refractivity contribution is -0.140. The number of anilines is 1. The Balaban J connectivity index is 1.35. The number of hydrogen-bond donors (Lipinski definition) is 1. The first-order valence-corrected chi connectivity index (χ1v) is 10.0. The van der Waals surface area contributed by atoms with E-state index in [1.165, 1.54) is 6.20 Å². The molecule has 1 aliphatic rings. The number of amides is 1. The van der Waals surface area contributed by atoms with Crippen LogP contribution in [-0.2, 0) is 15.7 Å². The van der Waals surface area contributed by atoms with Crippen LogP contribution >= 0.6 is 0 Å². The molecule has 0 aromatic carbocycles. The van der Waals surface area contributed by atoms with Crippen LogP contribution in [0.3, 0.4) is 0 Å². The third-order valence-corrected chi connectivity index (χ3v) is 4.88. The second-order valence-electron chi connectivity index (χ2n) is 7.03. The highest BCUT2D eigenvalue weighted by Crippen LogP contribution is 2.32. The Labute approximate surface area is 186 Å². The maximum absolute atomic E-state index is 12.9. The van der Waals surface area contributed by atoms with Crippen molar-refractivity contribution in [1.29, 1.82) is 5.26 Å². The minimum Gasteiger partial charge on any atom is -0.489 e. The molecule has 1 saturated heterocycles. The molecule has 1 amide bonds. The number of rotatable bonds is 8. The summed E-state index contributed by atoms with van der Waals surface area (Å²) in [6.07, 6.45) is -2.47. The molecule has 176 valence electrons. The molecule has 1 fully saturated rings. The highest BCUT2D eigenvalue weighted by molar-refractivity contribution is 5.76. The van der Waals surface area contributed by atoms with Crippen LogP contribution < -0.4 is 15.2 Å². The van der Waals surface area contributed by atoms with E-state index < -0.39 is 23.0 Å². The maximum Gasteiger partial charge on any atom is 0.425 e. The Hall–Kier alpha value is -3.66. The van der Waals surface area contributed by atoms with Crippen molar-refractivity contribution < 1.29 is 27.4 Å². The molecular weight excluding hydrogens is 445 g/mol. The zero-order chi connectivity index (χ0) is 23.8. The van der Waals surface area contributed by atoms with Gasteiger partial charge in [-0.15, -0.1) is 0 Å². The summed E-state index contributed by atoms with van der Waals surface area (Å²) < 4.78 is 49.1. The average molecular weight is 466 g/mol. The highest BCUT2D eigenvalue weighted by atomic mass is 19.4. The minimum atomic E-state index is -4.88. The molecule has 1 aliphatic heterocycles. The summed E-state index contributed by atoms with van der Waals surface area (Å²) in [5, 5.41) is 13.9. The minimum absolute atomic E-state index is 0.0600. The molecule has 3 rings (SSSR count). The molecule has 3 heterocycles. The molecule has 0 radical (unpaired) electrons. The largest absolute Gasteiger partial charge is 0.489 e. The second-order valence-corrected chi connectivity index (χ2v) is 7.03. The van der Waals surface area contributed by atoms with Crippen molar-refractivity contribution >= 4 is 11.7 Å². The van der Waals surface area contributed by atoms with Gasteiger partial charge in [0, 0.05) is 32.4 Å². The van der Waals surface area contributed by atoms with Gasteiger partial charge in [-0.3, -0.25) is 9.59 Å². The Kier molecular flexibility index (Phi) is 7.83. The number of hydrogen-bond acceptors (Lipinski definition) is 8. The van der Waals surface area contributed by atoms with Gasteiger partial charge in [0.05, 0.1) is 31.4 Å². The van der Waals surface area contributed by atoms with Crippen LogP contribution in [0.1, 0.15) is 17.5 Å². The first-order valence-electron chi connectivity index (χ1n) is 10.0. The number of halogens is 3. The maximum atomic E-state index is 12.9. The SMILES string of the molecule is N#Cc1ccc(N2CCN(C(=O)CCOCCOc3cn[nH]c(=O)c3C(F)(F)F)CC2)nc1. The summed E-state index contributed by atoms with van der Waals surface area (Å²) in [4.78, 5) is 31.7. The second kappa shape index (κ2) is 10.8. The van der Waals surface area contributed by atoms with E-state index >= 15 is 0 Å². The van der Waals surface area contributed by atoms with Crippen molar-refractivity contribution in [2.24, 2.45) is 0 Å². The number of aromatic nitrogens is 3. The molecule has 0 atom stereocenters. The van der Waals surface area contributed by atoms with Crippen molar-refractivity contribution in [3.8, 4) is 11.8 Å². The van der Waals surface area contributed by atoms with Crippen molar-refractivity contribution in [3.63, 3.8) is 0 Å². The number of carbonyl (C=O) groups excluding carboxylic acids is 1. The monoisotopic (exact) mass is 466 g/mol. The van der Waals surface area contributed by atoms with Gasteiger partial charge in [0.1, 0.15) is 18.5 Å². The number of piperazine rings is 1. The first-order chi connectivity index (χ1) is 15.8. The molecule has 0 unspecified atom stereocenters. The van der Waals surface area contributed by atoms with E-state index in [9.17, 15) is 22.8 Å². The summed E-state index contributed by atoms with van der Waals surface area (Å²) in [5.41, 5.74) is -2.36. The number of H-pyrrole nitrogens is 1. The third-order valence-electron chi connectivity index (χ3n) is 4.88. The van der Waals surface area contributed by atoms with Gasteiger partial charge in [-0.1, -0.05) is 0 Å². The molecule has 33 heavy (non-hydrogen) atoms. The Morgan fingerprint density at radius 3 is 2.55 bits per heavy atom. The quantitative estimate of drug-likeness (QED) is 0.576. The number of carbonyl (C=O) groups is 1. The van der Waals surface area contributed by atoms with Crippen LogP contribution in [0.2, 0.25) is 0 Å². The third kappa shape index (κ3) is 6.42. The number of pyridine rings is 1. The zero-order valence-corrected chi connectivity index (χ0v) is 17.5. The molecule has 1 N–H and O–H groups in total. The van der Waals surface area contributed by atoms with Gasteiger partial charge in [-0.2, -0.15) is 23.5 Å². The van der Waals surface area contributed by atoms with E-state index in [0.29, 0.717) is 31.7 Å². The Morgan fingerprint density at radius 2 is 1.91 bits per heavy atom. The standard InChI is InChI=1S/C20H21F3N6O4/c21-20(22,23)18-15(13-26-27-19(18)31)33-10-9-32-8-3-17(30)29-6-4-28(5-7-29)16-2-1-14(11-24)12-25-16/h1-2,12-13H,3-10H2,(H,27,31). The summed E-state index contributed by atoms with van der Waals surface area (Å²) in [5.74, 6) is -0.0317. The lowest BCUT2D eigenvalue weighted by Crippen LogP contribution is -2.49. The van der Waals surface area contributed by atoms with Gasteiger partial charge in [-0.25, -0.2) is 10.1 Å². The number of ether oxygens (including phenoxy) is 2. The van der Waals surface area contributed by atoms with E-state index in [1.54, 1.807) is 22.1 Å². The van der Waals surface area contributed by atoms with Crippen LogP contribution in [0.4, 0.5) is 19.0 Å². The average Bonchev–Trinajstić information content (AvgIpc) is 2.80. The number of nitrogens with zero attached hydrogens (tertiary/aromatic N) is 5. The van der Waals surface area contributed by atoms with Crippen LogP contribution in [-0.4, -0.2) is 72.0 Å². The van der Waals surface area contributed by atoms with E-state index in [4.69, 9.17) is 14.7 Å². The van der Waals surface area contributed by atoms with Crippen molar-refractivity contribution in [2.45, 2.75) is 12.6 Å². The topological polar surface area (TPSA) is 124 Å². The van der Waals surface area contributed by atoms with E-state index in [1.807, 2.05) is 11.0 Å². The van der Waals surface area contributed by atoms with Gasteiger partial charge in [0.15, 0.2) is 11.3 Å². The van der Waals surface area contributed by atoms with E-state index in [2.05, 4.69) is 10.1 Å². The van der Waals surface area contributed by atoms with Gasteiger partial charge >= 0.3 is 6.18 Å². The van der Waals surface area contributed by atoms with E-state index in [-0.39, 0.29) is 32.1 Å². The van der Waals surface area contributed by atoms with Crippen molar-refractivity contribution in [3.05, 3.63) is 46.0 Å². The molecule has 0 bridgehead atoms. The van der Waals surface area contributed by atoms with E-state index in [0.717, 1.165) is 12.0 Å². The first kappa shape index (κ1) is 24.0. The summed E-state index contributed by atoms with van der Waals surface area (Å²) in [6.45, 7) is 2.02. The number of alkyl halides is 3. The fourth-order valence-electron chi connectivity index (χ4n) is 3.21. The smallest absolute Gasteiger partial charge is 0.425 e. The van der Waals surface area contributed by atoms with Gasteiger partial charge < -0.3 is 19.3 Å². The lowest BCUT2D eigenvalue weighted by Gasteiger charge is -2.35.